The molecule has 4 aromatic rings. The average molecular weight is 633 g/mol. The summed E-state index contributed by atoms with van der Waals surface area (Å²) in [4.78, 5) is 62.4. The Balaban J connectivity index is 1.53. The highest BCUT2D eigenvalue weighted by Gasteiger charge is 2.31. The van der Waals surface area contributed by atoms with Gasteiger partial charge in [-0.15, -0.1) is 0 Å². The number of para-hydroxylation sites is 1. The van der Waals surface area contributed by atoms with Crippen molar-refractivity contribution in [1.82, 2.24) is 30.9 Å². The molecule has 0 aliphatic rings. The zero-order valence-electron chi connectivity index (χ0n) is 25.2. The van der Waals surface area contributed by atoms with Gasteiger partial charge >= 0.3 is 5.97 Å². The average Bonchev–Trinajstić information content (AvgIpc) is 3.71. The minimum atomic E-state index is -1.30. The number of phenols is 1. The highest BCUT2D eigenvalue weighted by atomic mass is 16.4. The molecule has 0 saturated heterocycles. The molecule has 4 rings (SSSR count). The molecule has 2 heterocycles. The van der Waals surface area contributed by atoms with Crippen LogP contribution in [0.5, 0.6) is 5.75 Å². The number of nitrogens with two attached hydrogens (primary N) is 2. The summed E-state index contributed by atoms with van der Waals surface area (Å²) in [6.07, 6.45) is 6.13. The van der Waals surface area contributed by atoms with E-state index in [1.807, 2.05) is 24.3 Å². The van der Waals surface area contributed by atoms with Gasteiger partial charge < -0.3 is 47.6 Å². The smallest absolute Gasteiger partial charge is 0.326 e. The topological polar surface area (TPSA) is 241 Å². The Labute approximate surface area is 265 Å². The van der Waals surface area contributed by atoms with Crippen molar-refractivity contribution in [3.05, 3.63) is 84.1 Å². The van der Waals surface area contributed by atoms with Gasteiger partial charge in [-0.3, -0.25) is 14.4 Å². The van der Waals surface area contributed by atoms with E-state index in [0.29, 0.717) is 25.1 Å². The molecule has 11 N–H and O–H groups in total. The number of aromatic hydroxyl groups is 1. The molecule has 2 aromatic carbocycles. The number of aliphatic carboxylic acids is 1. The number of carboxylic acids is 1. The van der Waals surface area contributed by atoms with Crippen LogP contribution in [0.1, 0.15) is 36.1 Å². The number of nitrogens with one attached hydrogen (secondary N) is 5. The first-order chi connectivity index (χ1) is 22.1. The molecule has 0 bridgehead atoms. The van der Waals surface area contributed by atoms with E-state index in [1.165, 1.54) is 24.7 Å². The fourth-order valence-corrected chi connectivity index (χ4v) is 5.11. The molecule has 14 heteroatoms. The van der Waals surface area contributed by atoms with Gasteiger partial charge in [0.05, 0.1) is 12.4 Å². The van der Waals surface area contributed by atoms with Crippen LogP contribution in [0, 0.1) is 0 Å². The summed E-state index contributed by atoms with van der Waals surface area (Å²) < 4.78 is 0. The maximum absolute atomic E-state index is 13.7. The second-order valence-corrected chi connectivity index (χ2v) is 11.1. The molecule has 0 radical (unpaired) electrons. The number of fused-ring (bicyclic) bond motifs is 1. The van der Waals surface area contributed by atoms with E-state index < -0.39 is 47.9 Å². The summed E-state index contributed by atoms with van der Waals surface area (Å²) in [5.74, 6) is -3.07. The summed E-state index contributed by atoms with van der Waals surface area (Å²) >= 11 is 0. The van der Waals surface area contributed by atoms with E-state index >= 15 is 0 Å². The number of nitrogens with zero attached hydrogens (tertiary/aromatic N) is 1. The van der Waals surface area contributed by atoms with Gasteiger partial charge in [0, 0.05) is 41.8 Å². The Hall–Kier alpha value is -5.21. The summed E-state index contributed by atoms with van der Waals surface area (Å²) in [6, 6.07) is 9.24. The van der Waals surface area contributed by atoms with Crippen molar-refractivity contribution >= 4 is 34.6 Å². The lowest BCUT2D eigenvalue weighted by Crippen LogP contribution is -2.58. The molecule has 0 saturated carbocycles. The predicted octanol–water partition coefficient (Wildman–Crippen LogP) is 0.620. The Bertz CT molecular complexity index is 1600. The first kappa shape index (κ1) is 33.7. The summed E-state index contributed by atoms with van der Waals surface area (Å²) in [6.45, 7) is 0.390. The fraction of sp³-hybridized carbons (Fsp3) is 0.344. The molecule has 0 spiro atoms. The van der Waals surface area contributed by atoms with E-state index in [-0.39, 0.29) is 31.4 Å². The molecule has 3 amide bonds. The molecule has 14 nitrogen and oxygen atoms in total. The number of rotatable bonds is 17. The minimum Gasteiger partial charge on any atom is -0.508 e. The highest BCUT2D eigenvalue weighted by Crippen LogP contribution is 2.20. The van der Waals surface area contributed by atoms with Crippen LogP contribution in [-0.2, 0) is 38.4 Å². The van der Waals surface area contributed by atoms with Gasteiger partial charge in [0.1, 0.15) is 23.9 Å². The second kappa shape index (κ2) is 16.2. The fourth-order valence-electron chi connectivity index (χ4n) is 5.11. The van der Waals surface area contributed by atoms with E-state index in [9.17, 15) is 29.4 Å². The van der Waals surface area contributed by atoms with Crippen LogP contribution in [0.3, 0.4) is 0 Å². The third-order valence-corrected chi connectivity index (χ3v) is 7.63. The van der Waals surface area contributed by atoms with Crippen molar-refractivity contribution in [2.24, 2.45) is 11.5 Å². The maximum atomic E-state index is 13.7. The Kier molecular flexibility index (Phi) is 11.9. The van der Waals surface area contributed by atoms with Crippen molar-refractivity contribution in [3.63, 3.8) is 0 Å². The number of aromatic nitrogens is 3. The molecule has 0 aliphatic heterocycles. The van der Waals surface area contributed by atoms with Crippen LogP contribution in [0.4, 0.5) is 0 Å². The number of benzene rings is 2. The molecular formula is C32H40N8O6. The number of imidazole rings is 1. The third kappa shape index (κ3) is 9.39. The number of amides is 3. The third-order valence-electron chi connectivity index (χ3n) is 7.63. The minimum absolute atomic E-state index is 0.0435. The van der Waals surface area contributed by atoms with Gasteiger partial charge in [0.15, 0.2) is 0 Å². The van der Waals surface area contributed by atoms with Crippen LogP contribution >= 0.6 is 0 Å². The standard InChI is InChI=1S/C32H40N8O6/c33-12-4-3-7-26(38-29(42)24(34)13-19-8-10-22(41)11-9-19)30(43)39-27(14-20-16-36-25-6-2-1-5-23(20)25)31(44)40-28(32(45)46)15-21-17-35-18-37-21/h1-2,5-6,8-11,16-18,24,26-28,36,41H,3-4,7,12-15,33-34H2,(H,35,37)(H,38,42)(H,39,43)(H,40,44)(H,45,46). The lowest BCUT2D eigenvalue weighted by Gasteiger charge is -2.25. The van der Waals surface area contributed by atoms with Gasteiger partial charge in [-0.2, -0.15) is 0 Å². The first-order valence-corrected chi connectivity index (χ1v) is 15.0. The number of H-pyrrole nitrogens is 2. The number of hydrogen-bond donors (Lipinski definition) is 9. The molecule has 0 aliphatic carbocycles. The van der Waals surface area contributed by atoms with Gasteiger partial charge in [-0.05, 0) is 61.6 Å². The van der Waals surface area contributed by atoms with Gasteiger partial charge in [0.2, 0.25) is 17.7 Å². The summed E-state index contributed by atoms with van der Waals surface area (Å²) in [5.41, 5.74) is 14.6. The van der Waals surface area contributed by atoms with Crippen LogP contribution in [-0.4, -0.2) is 79.6 Å². The number of unbranched alkanes of at least 4 members (excludes halogenated alkanes) is 1. The van der Waals surface area contributed by atoms with Crippen molar-refractivity contribution in [2.45, 2.75) is 62.7 Å². The quantitative estimate of drug-likeness (QED) is 0.0740. The van der Waals surface area contributed by atoms with Crippen molar-refractivity contribution in [2.75, 3.05) is 6.54 Å². The molecule has 4 atom stereocenters. The first-order valence-electron chi connectivity index (χ1n) is 15.0. The molecular weight excluding hydrogens is 592 g/mol. The lowest BCUT2D eigenvalue weighted by atomic mass is 10.0. The summed E-state index contributed by atoms with van der Waals surface area (Å²) in [7, 11) is 0. The largest absolute Gasteiger partial charge is 0.508 e. The molecule has 2 aromatic heterocycles. The van der Waals surface area contributed by atoms with E-state index in [1.54, 1.807) is 18.3 Å². The SMILES string of the molecule is NCCCCC(NC(=O)C(N)Cc1ccc(O)cc1)C(=O)NC(Cc1c[nH]c2ccccc12)C(=O)NC(Cc1cnc[nH]1)C(=O)O. The van der Waals surface area contributed by atoms with E-state index in [2.05, 4.69) is 30.9 Å². The molecule has 244 valence electrons. The van der Waals surface area contributed by atoms with Crippen molar-refractivity contribution in [3.8, 4) is 5.75 Å². The Morgan fingerprint density at radius 2 is 1.52 bits per heavy atom. The lowest BCUT2D eigenvalue weighted by molar-refractivity contribution is -0.142. The number of aromatic amines is 2. The number of carbonyl (C=O) groups excluding carboxylic acids is 3. The maximum Gasteiger partial charge on any atom is 0.326 e. The Morgan fingerprint density at radius 3 is 2.22 bits per heavy atom. The van der Waals surface area contributed by atoms with E-state index in [4.69, 9.17) is 11.5 Å². The second-order valence-electron chi connectivity index (χ2n) is 11.1. The predicted molar refractivity (Wildman–Crippen MR) is 170 cm³/mol. The molecule has 0 fully saturated rings. The number of hydrogen-bond acceptors (Lipinski definition) is 8. The highest BCUT2D eigenvalue weighted by molar-refractivity contribution is 5.95. The van der Waals surface area contributed by atoms with Crippen LogP contribution in [0.25, 0.3) is 10.9 Å². The van der Waals surface area contributed by atoms with Crippen LogP contribution < -0.4 is 27.4 Å². The number of carbonyl (C=O) groups is 4. The Morgan fingerprint density at radius 1 is 0.826 bits per heavy atom. The van der Waals surface area contributed by atoms with Crippen LogP contribution in [0.2, 0.25) is 0 Å². The van der Waals surface area contributed by atoms with E-state index in [0.717, 1.165) is 22.0 Å². The summed E-state index contributed by atoms with van der Waals surface area (Å²) in [5, 5.41) is 28.2. The zero-order chi connectivity index (χ0) is 33.1. The van der Waals surface area contributed by atoms with Crippen molar-refractivity contribution < 1.29 is 29.4 Å². The molecule has 46 heavy (non-hydrogen) atoms. The molecule has 4 unspecified atom stereocenters. The zero-order valence-corrected chi connectivity index (χ0v) is 25.2. The number of phenolic OH excluding ortho intramolecular Hbond substituents is 1. The van der Waals surface area contributed by atoms with Crippen molar-refractivity contribution in [1.29, 1.82) is 0 Å². The van der Waals surface area contributed by atoms with Gasteiger partial charge in [0.25, 0.3) is 0 Å². The normalized spacial score (nSPS) is 13.8. The van der Waals surface area contributed by atoms with Gasteiger partial charge in [-0.25, -0.2) is 9.78 Å². The monoisotopic (exact) mass is 632 g/mol. The van der Waals surface area contributed by atoms with Crippen LogP contribution in [0.15, 0.2) is 67.3 Å². The number of carboxylic acid groups (broad SMARTS) is 1. The van der Waals surface area contributed by atoms with Gasteiger partial charge in [-0.1, -0.05) is 30.3 Å².